The van der Waals surface area contributed by atoms with Crippen molar-refractivity contribution in [3.8, 4) is 18.0 Å². The van der Waals surface area contributed by atoms with E-state index in [1.165, 1.54) is 10.9 Å². The smallest absolute Gasteiger partial charge is 0.274 e. The van der Waals surface area contributed by atoms with Crippen molar-refractivity contribution >= 4 is 17.5 Å². The first-order chi connectivity index (χ1) is 8.72. The van der Waals surface area contributed by atoms with Gasteiger partial charge >= 0.3 is 0 Å². The minimum atomic E-state index is -0.369. The molecular weight excluding hydrogens is 252 g/mol. The van der Waals surface area contributed by atoms with E-state index in [-0.39, 0.29) is 18.1 Å². The van der Waals surface area contributed by atoms with Crippen molar-refractivity contribution in [3.63, 3.8) is 0 Å². The second kappa shape index (κ2) is 5.34. The van der Waals surface area contributed by atoms with Crippen LogP contribution in [0.1, 0.15) is 10.5 Å². The predicted molar refractivity (Wildman–Crippen MR) is 67.5 cm³/mol. The summed E-state index contributed by atoms with van der Waals surface area (Å²) in [7, 11) is 0. The highest BCUT2D eigenvalue weighted by atomic mass is 35.5. The van der Waals surface area contributed by atoms with Crippen LogP contribution in [0.25, 0.3) is 5.69 Å². The van der Waals surface area contributed by atoms with Crippen molar-refractivity contribution in [2.45, 2.75) is 0 Å². The molecule has 0 radical (unpaired) electrons. The predicted octanol–water partition coefficient (Wildman–Crippen LogP) is 1.28. The minimum absolute atomic E-state index is 0.151. The summed E-state index contributed by atoms with van der Waals surface area (Å²) >= 11 is 6.02. The standard InChI is InChI=1S/C12H9ClN4O/c1-2-7-14-12(18)10-8-17(16-15-10)11-6-4-3-5-9(11)13/h1,3-6,8H,7H2,(H,14,18). The molecule has 1 N–H and O–H groups in total. The molecule has 2 aromatic rings. The summed E-state index contributed by atoms with van der Waals surface area (Å²) in [4.78, 5) is 11.6. The lowest BCUT2D eigenvalue weighted by Crippen LogP contribution is -2.23. The molecule has 0 saturated carbocycles. The Balaban J connectivity index is 2.24. The SMILES string of the molecule is C#CCNC(=O)c1cn(-c2ccccc2Cl)nn1. The van der Waals surface area contributed by atoms with Crippen molar-refractivity contribution in [3.05, 3.63) is 41.2 Å². The summed E-state index contributed by atoms with van der Waals surface area (Å²) < 4.78 is 1.44. The lowest BCUT2D eigenvalue weighted by Gasteiger charge is -2.01. The molecule has 2 rings (SSSR count). The van der Waals surface area contributed by atoms with Gasteiger partial charge in [0, 0.05) is 0 Å². The maximum Gasteiger partial charge on any atom is 0.274 e. The molecule has 1 aromatic carbocycles. The van der Waals surface area contributed by atoms with Gasteiger partial charge in [0.15, 0.2) is 5.69 Å². The monoisotopic (exact) mass is 260 g/mol. The summed E-state index contributed by atoms with van der Waals surface area (Å²) in [6.45, 7) is 0.151. The second-order valence-corrected chi connectivity index (χ2v) is 3.79. The molecule has 0 bridgehead atoms. The highest BCUT2D eigenvalue weighted by molar-refractivity contribution is 6.32. The number of amides is 1. The van der Waals surface area contributed by atoms with Crippen LogP contribution >= 0.6 is 11.6 Å². The van der Waals surface area contributed by atoms with Gasteiger partial charge in [-0.25, -0.2) is 4.68 Å². The Labute approximate surface area is 109 Å². The minimum Gasteiger partial charge on any atom is -0.340 e. The van der Waals surface area contributed by atoms with Crippen LogP contribution in [0.5, 0.6) is 0 Å². The van der Waals surface area contributed by atoms with Crippen molar-refractivity contribution in [1.29, 1.82) is 0 Å². The summed E-state index contributed by atoms with van der Waals surface area (Å²) in [6.07, 6.45) is 6.54. The Morgan fingerprint density at radius 1 is 1.50 bits per heavy atom. The molecule has 0 aliphatic carbocycles. The molecule has 0 aliphatic heterocycles. The summed E-state index contributed by atoms with van der Waals surface area (Å²) in [6, 6.07) is 7.14. The van der Waals surface area contributed by atoms with Gasteiger partial charge in [-0.05, 0) is 12.1 Å². The normalized spacial score (nSPS) is 9.78. The molecule has 1 amide bonds. The summed E-state index contributed by atoms with van der Waals surface area (Å²) in [5, 5.41) is 10.6. The zero-order valence-electron chi connectivity index (χ0n) is 9.30. The number of halogens is 1. The molecule has 90 valence electrons. The quantitative estimate of drug-likeness (QED) is 0.846. The zero-order valence-corrected chi connectivity index (χ0v) is 10.1. The van der Waals surface area contributed by atoms with Gasteiger partial charge in [0.05, 0.1) is 23.5 Å². The molecule has 0 saturated heterocycles. The number of carbonyl (C=O) groups excluding carboxylic acids is 1. The number of hydrogen-bond donors (Lipinski definition) is 1. The molecule has 5 nitrogen and oxygen atoms in total. The lowest BCUT2D eigenvalue weighted by molar-refractivity contribution is 0.0953. The number of aromatic nitrogens is 3. The van der Waals surface area contributed by atoms with E-state index < -0.39 is 0 Å². The molecular formula is C12H9ClN4O. The number of nitrogens with zero attached hydrogens (tertiary/aromatic N) is 3. The zero-order chi connectivity index (χ0) is 13.0. The van der Waals surface area contributed by atoms with E-state index in [4.69, 9.17) is 18.0 Å². The van der Waals surface area contributed by atoms with E-state index in [0.29, 0.717) is 10.7 Å². The third kappa shape index (κ3) is 2.50. The van der Waals surface area contributed by atoms with Gasteiger partial charge in [-0.2, -0.15) is 0 Å². The largest absolute Gasteiger partial charge is 0.340 e. The van der Waals surface area contributed by atoms with Gasteiger partial charge in [-0.1, -0.05) is 34.9 Å². The van der Waals surface area contributed by atoms with Crippen molar-refractivity contribution < 1.29 is 4.79 Å². The molecule has 0 atom stereocenters. The number of carbonyl (C=O) groups is 1. The topological polar surface area (TPSA) is 59.8 Å². The van der Waals surface area contributed by atoms with Gasteiger partial charge in [-0.15, -0.1) is 11.5 Å². The Bertz CT molecular complexity index is 615. The third-order valence-corrected chi connectivity index (χ3v) is 2.50. The van der Waals surface area contributed by atoms with Gasteiger partial charge in [0.25, 0.3) is 5.91 Å². The number of benzene rings is 1. The van der Waals surface area contributed by atoms with E-state index in [9.17, 15) is 4.79 Å². The fraction of sp³-hybridized carbons (Fsp3) is 0.0833. The van der Waals surface area contributed by atoms with Crippen molar-refractivity contribution in [2.24, 2.45) is 0 Å². The first-order valence-electron chi connectivity index (χ1n) is 5.11. The van der Waals surface area contributed by atoms with Crippen LogP contribution in [0.4, 0.5) is 0 Å². The average molecular weight is 261 g/mol. The van der Waals surface area contributed by atoms with E-state index in [2.05, 4.69) is 21.5 Å². The van der Waals surface area contributed by atoms with E-state index in [0.717, 1.165) is 0 Å². The number of terminal acetylenes is 1. The van der Waals surface area contributed by atoms with Crippen LogP contribution < -0.4 is 5.32 Å². The first kappa shape index (κ1) is 12.1. The maximum atomic E-state index is 11.6. The van der Waals surface area contributed by atoms with E-state index in [1.807, 2.05) is 12.1 Å². The number of hydrogen-bond acceptors (Lipinski definition) is 3. The van der Waals surface area contributed by atoms with E-state index >= 15 is 0 Å². The highest BCUT2D eigenvalue weighted by Gasteiger charge is 2.11. The number of nitrogens with one attached hydrogen (secondary N) is 1. The Morgan fingerprint density at radius 2 is 2.28 bits per heavy atom. The first-order valence-corrected chi connectivity index (χ1v) is 5.49. The van der Waals surface area contributed by atoms with Gasteiger partial charge in [0.1, 0.15) is 0 Å². The van der Waals surface area contributed by atoms with Crippen LogP contribution in [0.15, 0.2) is 30.5 Å². The van der Waals surface area contributed by atoms with Crippen LogP contribution in [0.2, 0.25) is 5.02 Å². The van der Waals surface area contributed by atoms with Crippen molar-refractivity contribution in [2.75, 3.05) is 6.54 Å². The van der Waals surface area contributed by atoms with Crippen molar-refractivity contribution in [1.82, 2.24) is 20.3 Å². The fourth-order valence-corrected chi connectivity index (χ4v) is 1.57. The number of para-hydroxylation sites is 1. The Hall–Kier alpha value is -2.32. The highest BCUT2D eigenvalue weighted by Crippen LogP contribution is 2.18. The molecule has 0 aliphatic rings. The second-order valence-electron chi connectivity index (χ2n) is 3.39. The van der Waals surface area contributed by atoms with Crippen LogP contribution in [0, 0.1) is 12.3 Å². The van der Waals surface area contributed by atoms with Crippen LogP contribution in [-0.4, -0.2) is 27.4 Å². The van der Waals surface area contributed by atoms with Crippen LogP contribution in [0.3, 0.4) is 0 Å². The number of rotatable bonds is 3. The molecule has 1 heterocycles. The fourth-order valence-electron chi connectivity index (χ4n) is 1.34. The summed E-state index contributed by atoms with van der Waals surface area (Å²) in [5.41, 5.74) is 0.841. The molecule has 6 heteroatoms. The van der Waals surface area contributed by atoms with Gasteiger partial charge in [0.2, 0.25) is 0 Å². The Kier molecular flexibility index (Phi) is 3.60. The lowest BCUT2D eigenvalue weighted by atomic mass is 10.3. The molecule has 0 spiro atoms. The summed E-state index contributed by atoms with van der Waals surface area (Å²) in [5.74, 6) is 1.94. The van der Waals surface area contributed by atoms with Gasteiger partial charge < -0.3 is 5.32 Å². The van der Waals surface area contributed by atoms with Crippen LogP contribution in [-0.2, 0) is 0 Å². The molecule has 1 aromatic heterocycles. The maximum absolute atomic E-state index is 11.6. The molecule has 0 fully saturated rings. The van der Waals surface area contributed by atoms with Gasteiger partial charge in [-0.3, -0.25) is 4.79 Å². The molecule has 0 unspecified atom stereocenters. The average Bonchev–Trinajstić information content (AvgIpc) is 2.86. The van der Waals surface area contributed by atoms with E-state index in [1.54, 1.807) is 12.1 Å². The Morgan fingerprint density at radius 3 is 3.00 bits per heavy atom. The molecule has 18 heavy (non-hydrogen) atoms. The third-order valence-electron chi connectivity index (χ3n) is 2.18.